The van der Waals surface area contributed by atoms with Gasteiger partial charge in [0.1, 0.15) is 0 Å². The second-order valence-corrected chi connectivity index (χ2v) is 6.70. The molecule has 0 spiro atoms. The molecule has 0 saturated heterocycles. The first-order valence-electron chi connectivity index (χ1n) is 9.01. The minimum atomic E-state index is 0.0741. The number of para-hydroxylation sites is 1. The number of benzene rings is 1. The van der Waals surface area contributed by atoms with E-state index in [4.69, 9.17) is 4.52 Å². The lowest BCUT2D eigenvalue weighted by atomic mass is 10.0. The summed E-state index contributed by atoms with van der Waals surface area (Å²) in [6.45, 7) is 8.91. The van der Waals surface area contributed by atoms with E-state index in [-0.39, 0.29) is 11.3 Å². The van der Waals surface area contributed by atoms with Crippen LogP contribution in [0.4, 0.5) is 0 Å². The van der Waals surface area contributed by atoms with Crippen molar-refractivity contribution in [3.05, 3.63) is 57.5 Å². The lowest BCUT2D eigenvalue weighted by molar-refractivity contribution is 0.371. The summed E-state index contributed by atoms with van der Waals surface area (Å²) in [5, 5.41) is 4.88. The van der Waals surface area contributed by atoms with Gasteiger partial charge in [-0.15, -0.1) is 0 Å². The van der Waals surface area contributed by atoms with E-state index < -0.39 is 0 Å². The molecule has 1 aromatic carbocycles. The van der Waals surface area contributed by atoms with E-state index in [1.165, 1.54) is 0 Å². The molecule has 0 aliphatic heterocycles. The third-order valence-electron chi connectivity index (χ3n) is 4.49. The number of hydrogen-bond acceptors (Lipinski definition) is 4. The number of rotatable bonds is 6. The Kier molecular flexibility index (Phi) is 5.02. The van der Waals surface area contributed by atoms with Crippen molar-refractivity contribution in [3.8, 4) is 0 Å². The van der Waals surface area contributed by atoms with Crippen LogP contribution in [0.3, 0.4) is 0 Å². The fraction of sp³-hybridized carbons (Fsp3) is 0.450. The van der Waals surface area contributed by atoms with Crippen molar-refractivity contribution in [2.45, 2.75) is 59.4 Å². The molecule has 132 valence electrons. The standard InChI is InChI=1S/C20H25N3O2/c1-5-8-19-21-18(22-25-19)12-23-16(13(3)4)11-17(24)15-10-7-9-14(6-2)20(15)23/h7,9-11,13H,5-6,8,12H2,1-4H3. The fourth-order valence-corrected chi connectivity index (χ4v) is 3.27. The molecule has 0 atom stereocenters. The smallest absolute Gasteiger partial charge is 0.226 e. The Morgan fingerprint density at radius 1 is 1.24 bits per heavy atom. The van der Waals surface area contributed by atoms with Crippen LogP contribution in [0, 0.1) is 0 Å². The highest BCUT2D eigenvalue weighted by Gasteiger charge is 2.16. The van der Waals surface area contributed by atoms with Gasteiger partial charge in [-0.2, -0.15) is 4.98 Å². The highest BCUT2D eigenvalue weighted by Crippen LogP contribution is 2.24. The number of pyridine rings is 1. The predicted octanol–water partition coefficient (Wildman–Crippen LogP) is 4.07. The summed E-state index contributed by atoms with van der Waals surface area (Å²) < 4.78 is 7.52. The van der Waals surface area contributed by atoms with Gasteiger partial charge in [0.25, 0.3) is 0 Å². The van der Waals surface area contributed by atoms with Crippen molar-refractivity contribution in [1.29, 1.82) is 0 Å². The molecule has 3 aromatic rings. The first kappa shape index (κ1) is 17.4. The van der Waals surface area contributed by atoms with E-state index in [0.717, 1.165) is 41.4 Å². The molecule has 5 heteroatoms. The second-order valence-electron chi connectivity index (χ2n) is 6.70. The normalized spacial score (nSPS) is 11.6. The molecular formula is C20H25N3O2. The van der Waals surface area contributed by atoms with Crippen molar-refractivity contribution in [3.63, 3.8) is 0 Å². The summed E-state index contributed by atoms with van der Waals surface area (Å²) in [4.78, 5) is 17.1. The molecule has 5 nitrogen and oxygen atoms in total. The maximum absolute atomic E-state index is 12.6. The Hall–Kier alpha value is -2.43. The average molecular weight is 339 g/mol. The third kappa shape index (κ3) is 3.36. The van der Waals surface area contributed by atoms with Gasteiger partial charge in [-0.05, 0) is 30.4 Å². The first-order valence-corrected chi connectivity index (χ1v) is 9.01. The van der Waals surface area contributed by atoms with Crippen LogP contribution >= 0.6 is 0 Å². The highest BCUT2D eigenvalue weighted by atomic mass is 16.5. The van der Waals surface area contributed by atoms with Crippen LogP contribution in [0.1, 0.15) is 63.0 Å². The fourth-order valence-electron chi connectivity index (χ4n) is 3.27. The summed E-state index contributed by atoms with van der Waals surface area (Å²) in [7, 11) is 0. The van der Waals surface area contributed by atoms with Gasteiger partial charge in [0, 0.05) is 23.6 Å². The molecule has 0 unspecified atom stereocenters. The van der Waals surface area contributed by atoms with Gasteiger partial charge in [0.15, 0.2) is 11.3 Å². The molecule has 0 aliphatic rings. The van der Waals surface area contributed by atoms with Crippen LogP contribution in [0.5, 0.6) is 0 Å². The van der Waals surface area contributed by atoms with Crippen molar-refractivity contribution < 1.29 is 4.52 Å². The Balaban J connectivity index is 2.21. The Labute approximate surface area is 147 Å². The van der Waals surface area contributed by atoms with E-state index in [1.807, 2.05) is 12.1 Å². The molecule has 2 aromatic heterocycles. The molecular weight excluding hydrogens is 314 g/mol. The molecule has 0 amide bonds. The summed E-state index contributed by atoms with van der Waals surface area (Å²) in [5.41, 5.74) is 3.22. The summed E-state index contributed by atoms with van der Waals surface area (Å²) >= 11 is 0. The SMILES string of the molecule is CCCc1nc(Cn2c(C(C)C)cc(=O)c3cccc(CC)c32)no1. The van der Waals surface area contributed by atoms with Gasteiger partial charge in [0.2, 0.25) is 5.89 Å². The van der Waals surface area contributed by atoms with E-state index >= 15 is 0 Å². The zero-order chi connectivity index (χ0) is 18.0. The molecule has 25 heavy (non-hydrogen) atoms. The lowest BCUT2D eigenvalue weighted by Crippen LogP contribution is -2.18. The molecule has 2 heterocycles. The number of nitrogens with zero attached hydrogens (tertiary/aromatic N) is 3. The summed E-state index contributed by atoms with van der Waals surface area (Å²) in [6, 6.07) is 7.69. The van der Waals surface area contributed by atoms with Crippen LogP contribution in [-0.2, 0) is 19.4 Å². The Morgan fingerprint density at radius 3 is 2.72 bits per heavy atom. The van der Waals surface area contributed by atoms with Gasteiger partial charge in [-0.25, -0.2) is 0 Å². The monoisotopic (exact) mass is 339 g/mol. The van der Waals surface area contributed by atoms with Gasteiger partial charge in [0.05, 0.1) is 12.1 Å². The van der Waals surface area contributed by atoms with Crippen LogP contribution < -0.4 is 5.43 Å². The zero-order valence-electron chi connectivity index (χ0n) is 15.4. The molecule has 0 saturated carbocycles. The third-order valence-corrected chi connectivity index (χ3v) is 4.49. The average Bonchev–Trinajstić information content (AvgIpc) is 3.04. The Morgan fingerprint density at radius 2 is 2.04 bits per heavy atom. The largest absolute Gasteiger partial charge is 0.339 e. The lowest BCUT2D eigenvalue weighted by Gasteiger charge is -2.20. The molecule has 0 N–H and O–H groups in total. The molecule has 0 fully saturated rings. The maximum atomic E-state index is 12.6. The van der Waals surface area contributed by atoms with Gasteiger partial charge >= 0.3 is 0 Å². The molecule has 0 bridgehead atoms. The van der Waals surface area contributed by atoms with Gasteiger partial charge in [-0.1, -0.05) is 45.0 Å². The second kappa shape index (κ2) is 7.21. The molecule has 3 rings (SSSR count). The number of aromatic nitrogens is 3. The zero-order valence-corrected chi connectivity index (χ0v) is 15.4. The van der Waals surface area contributed by atoms with Crippen LogP contribution in [-0.4, -0.2) is 14.7 Å². The van der Waals surface area contributed by atoms with Gasteiger partial charge < -0.3 is 9.09 Å². The van der Waals surface area contributed by atoms with Crippen molar-refractivity contribution in [1.82, 2.24) is 14.7 Å². The maximum Gasteiger partial charge on any atom is 0.226 e. The highest BCUT2D eigenvalue weighted by molar-refractivity contribution is 5.82. The quantitative estimate of drug-likeness (QED) is 0.679. The van der Waals surface area contributed by atoms with E-state index in [0.29, 0.717) is 18.3 Å². The van der Waals surface area contributed by atoms with Crippen LogP contribution in [0.25, 0.3) is 10.9 Å². The van der Waals surface area contributed by atoms with Gasteiger partial charge in [-0.3, -0.25) is 4.79 Å². The molecule has 0 radical (unpaired) electrons. The van der Waals surface area contributed by atoms with Crippen molar-refractivity contribution in [2.75, 3.05) is 0 Å². The van der Waals surface area contributed by atoms with E-state index in [9.17, 15) is 4.79 Å². The number of hydrogen-bond donors (Lipinski definition) is 0. The first-order chi connectivity index (χ1) is 12.0. The van der Waals surface area contributed by atoms with Crippen molar-refractivity contribution >= 4 is 10.9 Å². The Bertz CT molecular complexity index is 938. The van der Waals surface area contributed by atoms with Crippen LogP contribution in [0.15, 0.2) is 33.6 Å². The van der Waals surface area contributed by atoms with Crippen molar-refractivity contribution in [2.24, 2.45) is 0 Å². The molecule has 0 aliphatic carbocycles. The number of aryl methyl sites for hydroxylation is 2. The summed E-state index contributed by atoms with van der Waals surface area (Å²) in [5.74, 6) is 1.55. The minimum absolute atomic E-state index is 0.0741. The van der Waals surface area contributed by atoms with E-state index in [1.54, 1.807) is 6.07 Å². The minimum Gasteiger partial charge on any atom is -0.339 e. The van der Waals surface area contributed by atoms with E-state index in [2.05, 4.69) is 48.5 Å². The summed E-state index contributed by atoms with van der Waals surface area (Å²) in [6.07, 6.45) is 2.63. The number of fused-ring (bicyclic) bond motifs is 1. The van der Waals surface area contributed by atoms with Crippen LogP contribution in [0.2, 0.25) is 0 Å². The predicted molar refractivity (Wildman–Crippen MR) is 99.1 cm³/mol. The topological polar surface area (TPSA) is 60.9 Å².